The zero-order chi connectivity index (χ0) is 18.1. The highest BCUT2D eigenvalue weighted by molar-refractivity contribution is 5.93. The van der Waals surface area contributed by atoms with Crippen LogP contribution in [-0.4, -0.2) is 63.3 Å². The number of carbonyl (C=O) groups is 1. The summed E-state index contributed by atoms with van der Waals surface area (Å²) in [6.45, 7) is 1.33. The lowest BCUT2D eigenvalue weighted by atomic mass is 9.96. The molecule has 1 atom stereocenters. The molecule has 1 aliphatic heterocycles. The Hall–Kier alpha value is -2.48. The highest BCUT2D eigenvalue weighted by Crippen LogP contribution is 2.28. The van der Waals surface area contributed by atoms with Gasteiger partial charge in [-0.15, -0.1) is 0 Å². The summed E-state index contributed by atoms with van der Waals surface area (Å²) in [6.07, 6.45) is 9.31. The van der Waals surface area contributed by atoms with Crippen LogP contribution in [0.25, 0.3) is 0 Å². The molecule has 0 bridgehead atoms. The zero-order valence-electron chi connectivity index (χ0n) is 14.9. The van der Waals surface area contributed by atoms with Crippen LogP contribution in [0, 0.1) is 0 Å². The molecule has 1 N–H and O–H groups in total. The maximum absolute atomic E-state index is 12.8. The van der Waals surface area contributed by atoms with E-state index in [1.54, 1.807) is 30.5 Å². The first kappa shape index (κ1) is 17.0. The summed E-state index contributed by atoms with van der Waals surface area (Å²) < 4.78 is 5.34. The second-order valence-electron chi connectivity index (χ2n) is 7.26. The van der Waals surface area contributed by atoms with Gasteiger partial charge in [-0.25, -0.2) is 4.98 Å². The molecule has 1 fully saturated rings. The van der Waals surface area contributed by atoms with Gasteiger partial charge >= 0.3 is 0 Å². The lowest BCUT2D eigenvalue weighted by molar-refractivity contribution is 0.0259. The van der Waals surface area contributed by atoms with E-state index in [0.717, 1.165) is 42.8 Å². The lowest BCUT2D eigenvalue weighted by Gasteiger charge is -2.29. The summed E-state index contributed by atoms with van der Waals surface area (Å²) in [5, 5.41) is 15.0. The third-order valence-corrected chi connectivity index (χ3v) is 5.24. The van der Waals surface area contributed by atoms with Crippen LogP contribution in [0.15, 0.2) is 23.1 Å². The number of hydrogen-bond donors (Lipinski definition) is 1. The zero-order valence-corrected chi connectivity index (χ0v) is 14.9. The second kappa shape index (κ2) is 6.68. The van der Waals surface area contributed by atoms with Gasteiger partial charge in [0.15, 0.2) is 5.69 Å². The van der Waals surface area contributed by atoms with E-state index in [2.05, 4.69) is 15.1 Å². The Morgan fingerprint density at radius 2 is 2.23 bits per heavy atom. The third-order valence-electron chi connectivity index (χ3n) is 5.24. The van der Waals surface area contributed by atoms with Gasteiger partial charge in [-0.1, -0.05) is 5.16 Å². The number of β-amino-alcohol motifs (C(OH)–C–C–N with tert-alkyl or cyclic N) is 1. The van der Waals surface area contributed by atoms with Crippen LogP contribution < -0.4 is 4.90 Å². The first-order valence-electron chi connectivity index (χ1n) is 9.02. The number of anilines is 1. The minimum Gasteiger partial charge on any atom is -0.386 e. The minimum absolute atomic E-state index is 0.191. The topological polar surface area (TPSA) is 95.6 Å². The van der Waals surface area contributed by atoms with Gasteiger partial charge in [-0.3, -0.25) is 9.78 Å². The lowest BCUT2D eigenvalue weighted by Crippen LogP contribution is -2.46. The molecule has 4 rings (SSSR count). The van der Waals surface area contributed by atoms with E-state index < -0.39 is 5.60 Å². The van der Waals surface area contributed by atoms with Crippen LogP contribution in [-0.2, 0) is 12.8 Å². The SMILES string of the molecule is CN(CC1(O)CCN(c2cnccn2)C1)C(=O)c1noc2c1CCCC2. The number of nitrogens with zero attached hydrogens (tertiary/aromatic N) is 5. The average molecular weight is 357 g/mol. The van der Waals surface area contributed by atoms with E-state index >= 15 is 0 Å². The number of amides is 1. The molecule has 8 nitrogen and oxygen atoms in total. The number of aromatic nitrogens is 3. The molecular weight excluding hydrogens is 334 g/mol. The van der Waals surface area contributed by atoms with Crippen molar-refractivity contribution < 1.29 is 14.4 Å². The Morgan fingerprint density at radius 1 is 1.38 bits per heavy atom. The van der Waals surface area contributed by atoms with E-state index in [-0.39, 0.29) is 12.5 Å². The Labute approximate surface area is 151 Å². The van der Waals surface area contributed by atoms with Gasteiger partial charge in [-0.2, -0.15) is 0 Å². The first-order chi connectivity index (χ1) is 12.6. The molecule has 1 saturated heterocycles. The average Bonchev–Trinajstić information content (AvgIpc) is 3.26. The highest BCUT2D eigenvalue weighted by Gasteiger charge is 2.39. The third kappa shape index (κ3) is 3.16. The quantitative estimate of drug-likeness (QED) is 0.874. The molecule has 1 aliphatic carbocycles. The fourth-order valence-electron chi connectivity index (χ4n) is 3.88. The van der Waals surface area contributed by atoms with Crippen LogP contribution in [0.3, 0.4) is 0 Å². The number of likely N-dealkylation sites (N-methyl/N-ethyl adjacent to an activating group) is 1. The van der Waals surface area contributed by atoms with Crippen molar-refractivity contribution in [2.75, 3.05) is 31.6 Å². The van der Waals surface area contributed by atoms with Crippen molar-refractivity contribution in [3.05, 3.63) is 35.6 Å². The molecule has 8 heteroatoms. The summed E-state index contributed by atoms with van der Waals surface area (Å²) >= 11 is 0. The normalized spacial score (nSPS) is 22.3. The maximum atomic E-state index is 12.8. The van der Waals surface area contributed by atoms with Crippen LogP contribution >= 0.6 is 0 Å². The van der Waals surface area contributed by atoms with Crippen molar-refractivity contribution in [2.45, 2.75) is 37.7 Å². The van der Waals surface area contributed by atoms with Crippen LogP contribution in [0.1, 0.15) is 41.1 Å². The molecule has 2 aromatic heterocycles. The molecule has 138 valence electrons. The fourth-order valence-corrected chi connectivity index (χ4v) is 3.88. The summed E-state index contributed by atoms with van der Waals surface area (Å²) in [6, 6.07) is 0. The van der Waals surface area contributed by atoms with Gasteiger partial charge in [0.25, 0.3) is 5.91 Å². The van der Waals surface area contributed by atoms with Gasteiger partial charge in [0.05, 0.1) is 12.7 Å². The molecule has 26 heavy (non-hydrogen) atoms. The molecule has 2 aliphatic rings. The smallest absolute Gasteiger partial charge is 0.276 e. The Kier molecular flexibility index (Phi) is 4.36. The Balaban J connectivity index is 1.44. The standard InChI is InChI=1S/C18H23N5O3/c1-22(17(24)16-13-4-2-3-5-14(13)26-21-16)11-18(25)6-9-23(12-18)15-10-19-7-8-20-15/h7-8,10,25H,2-6,9,11-12H2,1H3. The van der Waals surface area contributed by atoms with Gasteiger partial charge in [0, 0.05) is 44.5 Å². The van der Waals surface area contributed by atoms with Crippen molar-refractivity contribution in [2.24, 2.45) is 0 Å². The number of rotatable bonds is 4. The molecule has 2 aromatic rings. The van der Waals surface area contributed by atoms with Gasteiger partial charge in [0.1, 0.15) is 17.2 Å². The molecule has 0 spiro atoms. The van der Waals surface area contributed by atoms with E-state index in [1.807, 2.05) is 4.90 Å². The van der Waals surface area contributed by atoms with Crippen molar-refractivity contribution in [3.63, 3.8) is 0 Å². The molecular formula is C18H23N5O3. The predicted octanol–water partition coefficient (Wildman–Crippen LogP) is 1.06. The molecule has 3 heterocycles. The monoisotopic (exact) mass is 357 g/mol. The van der Waals surface area contributed by atoms with Gasteiger partial charge < -0.3 is 19.4 Å². The van der Waals surface area contributed by atoms with Crippen LogP contribution in [0.4, 0.5) is 5.82 Å². The van der Waals surface area contributed by atoms with Crippen molar-refractivity contribution in [1.82, 2.24) is 20.0 Å². The number of hydrogen-bond acceptors (Lipinski definition) is 7. The number of fused-ring (bicyclic) bond motifs is 1. The van der Waals surface area contributed by atoms with E-state index in [0.29, 0.717) is 25.2 Å². The summed E-state index contributed by atoms with van der Waals surface area (Å²) in [7, 11) is 1.70. The van der Waals surface area contributed by atoms with Crippen LogP contribution in [0.2, 0.25) is 0 Å². The predicted molar refractivity (Wildman–Crippen MR) is 93.9 cm³/mol. The van der Waals surface area contributed by atoms with E-state index in [4.69, 9.17) is 4.52 Å². The van der Waals surface area contributed by atoms with Gasteiger partial charge in [0.2, 0.25) is 0 Å². The second-order valence-corrected chi connectivity index (χ2v) is 7.26. The number of aryl methyl sites for hydroxylation is 1. The highest BCUT2D eigenvalue weighted by atomic mass is 16.5. The van der Waals surface area contributed by atoms with Crippen LogP contribution in [0.5, 0.6) is 0 Å². The number of carbonyl (C=O) groups excluding carboxylic acids is 1. The molecule has 0 saturated carbocycles. The van der Waals surface area contributed by atoms with Gasteiger partial charge in [-0.05, 0) is 25.7 Å². The summed E-state index contributed by atoms with van der Waals surface area (Å²) in [4.78, 5) is 24.7. The molecule has 1 unspecified atom stereocenters. The Morgan fingerprint density at radius 3 is 3.04 bits per heavy atom. The Bertz CT molecular complexity index is 793. The maximum Gasteiger partial charge on any atom is 0.276 e. The molecule has 0 aromatic carbocycles. The van der Waals surface area contributed by atoms with E-state index in [9.17, 15) is 9.90 Å². The summed E-state index contributed by atoms with van der Waals surface area (Å²) in [5.41, 5.74) is 0.355. The van der Waals surface area contributed by atoms with Crippen molar-refractivity contribution in [1.29, 1.82) is 0 Å². The number of aliphatic hydroxyl groups is 1. The van der Waals surface area contributed by atoms with Crippen molar-refractivity contribution in [3.8, 4) is 0 Å². The molecule has 0 radical (unpaired) electrons. The molecule has 1 amide bonds. The fraction of sp³-hybridized carbons (Fsp3) is 0.556. The largest absolute Gasteiger partial charge is 0.386 e. The summed E-state index contributed by atoms with van der Waals surface area (Å²) in [5.74, 6) is 1.38. The van der Waals surface area contributed by atoms with E-state index in [1.165, 1.54) is 0 Å². The minimum atomic E-state index is -0.980. The van der Waals surface area contributed by atoms with Crippen molar-refractivity contribution >= 4 is 11.7 Å². The first-order valence-corrected chi connectivity index (χ1v) is 9.02.